The summed E-state index contributed by atoms with van der Waals surface area (Å²) in [6.45, 7) is 4.36. The Kier molecular flexibility index (Phi) is 5.28. The van der Waals surface area contributed by atoms with Gasteiger partial charge in [-0.1, -0.05) is 36.8 Å². The first-order valence-corrected chi connectivity index (χ1v) is 10.0. The lowest BCUT2D eigenvalue weighted by Crippen LogP contribution is -1.97. The van der Waals surface area contributed by atoms with Crippen molar-refractivity contribution >= 4 is 51.4 Å². The monoisotopic (exact) mass is 370 g/mol. The van der Waals surface area contributed by atoms with Crippen molar-refractivity contribution in [2.24, 2.45) is 0 Å². The fourth-order valence-electron chi connectivity index (χ4n) is 1.76. The normalized spacial score (nSPS) is 11.6. The number of nitrogens with zero attached hydrogens (tertiary/aromatic N) is 4. The molecule has 4 nitrogen and oxygen atoms in total. The molecular weight excluding hydrogens is 356 g/mol. The highest BCUT2D eigenvalue weighted by molar-refractivity contribution is 7.99. The van der Waals surface area contributed by atoms with Crippen LogP contribution in [-0.2, 0) is 11.5 Å². The molecule has 0 spiro atoms. The highest BCUT2D eigenvalue weighted by Crippen LogP contribution is 2.27. The minimum Gasteiger partial charge on any atom is -0.186 e. The van der Waals surface area contributed by atoms with Gasteiger partial charge in [-0.3, -0.25) is 0 Å². The Balaban J connectivity index is 1.68. The van der Waals surface area contributed by atoms with Crippen LogP contribution in [-0.4, -0.2) is 25.1 Å². The summed E-state index contributed by atoms with van der Waals surface area (Å²) in [6, 6.07) is 7.86. The van der Waals surface area contributed by atoms with E-state index in [4.69, 9.17) is 11.6 Å². The molecule has 0 N–H and O–H groups in total. The van der Waals surface area contributed by atoms with Crippen LogP contribution in [0, 0.1) is 0 Å². The van der Waals surface area contributed by atoms with Gasteiger partial charge in [-0.05, 0) is 29.5 Å². The second kappa shape index (κ2) is 7.21. The lowest BCUT2D eigenvalue weighted by Gasteiger charge is -2.01. The predicted molar refractivity (Wildman–Crippen MR) is 96.1 cm³/mol. The summed E-state index contributed by atoms with van der Waals surface area (Å²) in [7, 11) is 0. The highest BCUT2D eigenvalue weighted by Gasteiger charge is 2.12. The Morgan fingerprint density at radius 3 is 2.68 bits per heavy atom. The first-order chi connectivity index (χ1) is 10.6. The van der Waals surface area contributed by atoms with Crippen molar-refractivity contribution in [1.82, 2.24) is 19.8 Å². The van der Waals surface area contributed by atoms with Gasteiger partial charge in [0.05, 0.1) is 11.5 Å². The van der Waals surface area contributed by atoms with Crippen LogP contribution in [0.5, 0.6) is 0 Å². The second-order valence-corrected chi connectivity index (χ2v) is 9.00. The highest BCUT2D eigenvalue weighted by atomic mass is 35.5. The Labute approximate surface area is 146 Å². The minimum atomic E-state index is 0.575. The molecule has 2 aromatic heterocycles. The number of fused-ring (bicyclic) bond motifs is 1. The number of aromatic nitrogens is 4. The third-order valence-electron chi connectivity index (χ3n) is 2.82. The zero-order chi connectivity index (χ0) is 15.5. The lowest BCUT2D eigenvalue weighted by atomic mass is 10.4. The van der Waals surface area contributed by atoms with E-state index in [2.05, 4.69) is 29.1 Å². The van der Waals surface area contributed by atoms with E-state index < -0.39 is 0 Å². The Morgan fingerprint density at radius 2 is 1.95 bits per heavy atom. The van der Waals surface area contributed by atoms with Crippen molar-refractivity contribution in [3.63, 3.8) is 0 Å². The summed E-state index contributed by atoms with van der Waals surface area (Å²) >= 11 is 11.1. The molecule has 1 aromatic carbocycles. The molecule has 0 bridgehead atoms. The van der Waals surface area contributed by atoms with E-state index in [1.165, 1.54) is 4.90 Å². The number of hydrogen-bond acceptors (Lipinski definition) is 6. The third kappa shape index (κ3) is 3.95. The standard InChI is InChI=1S/C14H15ClN4S3/c1-9(2)20-7-12-16-17-14-19(12)18-13(22-14)8-21-11-5-3-10(15)4-6-11/h3-6,9H,7-8H2,1-2H3. The molecule has 22 heavy (non-hydrogen) atoms. The number of halogens is 1. The maximum Gasteiger partial charge on any atom is 0.234 e. The predicted octanol–water partition coefficient (Wildman–Crippen LogP) is 4.77. The third-order valence-corrected chi connectivity index (χ3v) is 6.27. The SMILES string of the molecule is CC(C)SCc1nnc2sc(CSc3ccc(Cl)cc3)nn12. The average molecular weight is 371 g/mol. The van der Waals surface area contributed by atoms with Gasteiger partial charge in [-0.25, -0.2) is 0 Å². The van der Waals surface area contributed by atoms with E-state index in [1.807, 2.05) is 40.5 Å². The average Bonchev–Trinajstić information content (AvgIpc) is 3.05. The molecule has 8 heteroatoms. The lowest BCUT2D eigenvalue weighted by molar-refractivity contribution is 0.864. The van der Waals surface area contributed by atoms with Gasteiger partial charge in [0.15, 0.2) is 5.82 Å². The van der Waals surface area contributed by atoms with E-state index >= 15 is 0 Å². The molecule has 2 heterocycles. The van der Waals surface area contributed by atoms with Crippen LogP contribution in [0.4, 0.5) is 0 Å². The van der Waals surface area contributed by atoms with Crippen molar-refractivity contribution in [3.05, 3.63) is 40.1 Å². The van der Waals surface area contributed by atoms with Gasteiger partial charge in [0.1, 0.15) is 5.01 Å². The molecular formula is C14H15ClN4S3. The number of benzene rings is 1. The molecule has 0 aliphatic heterocycles. The van der Waals surface area contributed by atoms with E-state index in [1.54, 1.807) is 23.1 Å². The van der Waals surface area contributed by atoms with Crippen molar-refractivity contribution < 1.29 is 0 Å². The summed E-state index contributed by atoms with van der Waals surface area (Å²) in [4.78, 5) is 2.05. The number of hydrogen-bond donors (Lipinski definition) is 0. The van der Waals surface area contributed by atoms with Crippen molar-refractivity contribution in [1.29, 1.82) is 0 Å². The largest absolute Gasteiger partial charge is 0.234 e. The second-order valence-electron chi connectivity index (χ2n) is 4.91. The zero-order valence-corrected chi connectivity index (χ0v) is 15.4. The molecule has 3 rings (SSSR count). The first kappa shape index (κ1) is 16.1. The molecule has 0 radical (unpaired) electrons. The summed E-state index contributed by atoms with van der Waals surface area (Å²) in [6.07, 6.45) is 0. The molecule has 0 atom stereocenters. The van der Waals surface area contributed by atoms with Crippen molar-refractivity contribution in [2.45, 2.75) is 35.5 Å². The van der Waals surface area contributed by atoms with E-state index in [0.717, 1.165) is 32.3 Å². The summed E-state index contributed by atoms with van der Waals surface area (Å²) in [5.74, 6) is 2.59. The van der Waals surface area contributed by atoms with Gasteiger partial charge < -0.3 is 0 Å². The fourth-order valence-corrected chi connectivity index (χ4v) is 4.29. The van der Waals surface area contributed by atoms with Crippen LogP contribution in [0.15, 0.2) is 29.2 Å². The van der Waals surface area contributed by atoms with Gasteiger partial charge >= 0.3 is 0 Å². The minimum absolute atomic E-state index is 0.575. The first-order valence-electron chi connectivity index (χ1n) is 6.82. The molecule has 0 saturated carbocycles. The van der Waals surface area contributed by atoms with Crippen molar-refractivity contribution in [2.75, 3.05) is 0 Å². The van der Waals surface area contributed by atoms with Crippen LogP contribution < -0.4 is 0 Å². The van der Waals surface area contributed by atoms with Gasteiger partial charge in [0.25, 0.3) is 0 Å². The maximum absolute atomic E-state index is 5.90. The molecule has 0 saturated heterocycles. The van der Waals surface area contributed by atoms with E-state index in [-0.39, 0.29) is 0 Å². The van der Waals surface area contributed by atoms with Gasteiger partial charge in [0, 0.05) is 9.92 Å². The molecule has 116 valence electrons. The van der Waals surface area contributed by atoms with E-state index in [0.29, 0.717) is 5.25 Å². The van der Waals surface area contributed by atoms with E-state index in [9.17, 15) is 0 Å². The molecule has 0 amide bonds. The maximum atomic E-state index is 5.90. The number of rotatable bonds is 6. The Morgan fingerprint density at radius 1 is 1.18 bits per heavy atom. The quantitative estimate of drug-likeness (QED) is 0.584. The summed E-state index contributed by atoms with van der Waals surface area (Å²) < 4.78 is 1.87. The Hall–Kier alpha value is -0.760. The van der Waals surface area contributed by atoms with Gasteiger partial charge in [0.2, 0.25) is 4.96 Å². The van der Waals surface area contributed by atoms with Gasteiger partial charge in [-0.2, -0.15) is 21.4 Å². The molecule has 0 aliphatic carbocycles. The van der Waals surface area contributed by atoms with Crippen LogP contribution >= 0.6 is 46.5 Å². The van der Waals surface area contributed by atoms with Crippen LogP contribution in [0.25, 0.3) is 4.96 Å². The molecule has 0 unspecified atom stereocenters. The topological polar surface area (TPSA) is 43.1 Å². The summed E-state index contributed by atoms with van der Waals surface area (Å²) in [5.41, 5.74) is 0. The molecule has 3 aromatic rings. The zero-order valence-electron chi connectivity index (χ0n) is 12.2. The van der Waals surface area contributed by atoms with Crippen LogP contribution in [0.1, 0.15) is 24.7 Å². The van der Waals surface area contributed by atoms with Crippen LogP contribution in [0.3, 0.4) is 0 Å². The fraction of sp³-hybridized carbons (Fsp3) is 0.357. The van der Waals surface area contributed by atoms with Crippen LogP contribution in [0.2, 0.25) is 5.02 Å². The number of thioether (sulfide) groups is 2. The Bertz CT molecular complexity index is 751. The van der Waals surface area contributed by atoms with Gasteiger partial charge in [-0.15, -0.1) is 22.0 Å². The molecule has 0 fully saturated rings. The molecule has 0 aliphatic rings. The van der Waals surface area contributed by atoms with Crippen molar-refractivity contribution in [3.8, 4) is 0 Å². The smallest absolute Gasteiger partial charge is 0.186 e. The summed E-state index contributed by atoms with van der Waals surface area (Å²) in [5, 5.41) is 15.5.